The minimum absolute atomic E-state index is 0.0228. The maximum atomic E-state index is 12.9. The van der Waals surface area contributed by atoms with Gasteiger partial charge in [-0.3, -0.25) is 4.79 Å². The molecule has 3 rings (SSSR count). The molecular weight excluding hydrogens is 349 g/mol. The third-order valence-corrected chi connectivity index (χ3v) is 4.80. The van der Waals surface area contributed by atoms with Crippen LogP contribution in [-0.4, -0.2) is 24.1 Å². The Labute approximate surface area is 157 Å². The molecule has 1 amide bonds. The smallest absolute Gasteiger partial charge is 0.342 e. The van der Waals surface area contributed by atoms with Gasteiger partial charge in [-0.2, -0.15) is 0 Å². The van der Waals surface area contributed by atoms with Gasteiger partial charge in [-0.05, 0) is 37.6 Å². The van der Waals surface area contributed by atoms with E-state index in [2.05, 4.69) is 5.32 Å². The number of hydrogen-bond acceptors (Lipinski definition) is 4. The lowest BCUT2D eigenvalue weighted by Gasteiger charge is -2.15. The van der Waals surface area contributed by atoms with Gasteiger partial charge in [0.2, 0.25) is 0 Å². The summed E-state index contributed by atoms with van der Waals surface area (Å²) in [5.41, 5.74) is 2.03. The van der Waals surface area contributed by atoms with Gasteiger partial charge in [0.25, 0.3) is 5.91 Å². The molecule has 1 aliphatic heterocycles. The van der Waals surface area contributed by atoms with Gasteiger partial charge >= 0.3 is 5.97 Å². The Morgan fingerprint density at radius 2 is 1.89 bits per heavy atom. The quantitative estimate of drug-likeness (QED) is 0.816. The minimum atomic E-state index is -0.968. The topological polar surface area (TPSA) is 64.6 Å². The third-order valence-electron chi connectivity index (χ3n) is 4.80. The van der Waals surface area contributed by atoms with E-state index in [0.29, 0.717) is 11.3 Å². The molecule has 2 aromatic carbocycles. The van der Waals surface area contributed by atoms with Gasteiger partial charge in [-0.25, -0.2) is 9.18 Å². The second kappa shape index (κ2) is 7.78. The van der Waals surface area contributed by atoms with Gasteiger partial charge in [0.15, 0.2) is 6.10 Å². The molecule has 0 bridgehead atoms. The van der Waals surface area contributed by atoms with Crippen molar-refractivity contribution in [1.29, 1.82) is 0 Å². The van der Waals surface area contributed by atoms with Crippen molar-refractivity contribution in [3.8, 4) is 5.75 Å². The molecule has 3 atom stereocenters. The first-order valence-electron chi connectivity index (χ1n) is 8.89. The van der Waals surface area contributed by atoms with E-state index in [1.165, 1.54) is 19.1 Å². The summed E-state index contributed by atoms with van der Waals surface area (Å²) in [7, 11) is 0. The zero-order valence-corrected chi connectivity index (χ0v) is 15.5. The first kappa shape index (κ1) is 18.9. The Balaban J connectivity index is 1.61. The number of hydrogen-bond donors (Lipinski definition) is 1. The average Bonchev–Trinajstić information content (AvgIpc) is 2.95. The molecule has 0 saturated carbocycles. The van der Waals surface area contributed by atoms with Crippen LogP contribution in [0.2, 0.25) is 0 Å². The van der Waals surface area contributed by atoms with Crippen LogP contribution < -0.4 is 10.1 Å². The molecule has 0 aromatic heterocycles. The van der Waals surface area contributed by atoms with Gasteiger partial charge in [-0.15, -0.1) is 0 Å². The summed E-state index contributed by atoms with van der Waals surface area (Å²) in [6, 6.07) is 11.2. The fourth-order valence-corrected chi connectivity index (χ4v) is 2.96. The predicted molar refractivity (Wildman–Crippen MR) is 98.1 cm³/mol. The summed E-state index contributed by atoms with van der Waals surface area (Å²) in [5.74, 6) is -0.653. The van der Waals surface area contributed by atoms with Crippen LogP contribution in [0.1, 0.15) is 48.2 Å². The second-order valence-electron chi connectivity index (χ2n) is 6.73. The number of fused-ring (bicyclic) bond motifs is 1. The van der Waals surface area contributed by atoms with Crippen molar-refractivity contribution < 1.29 is 23.5 Å². The molecule has 2 aromatic rings. The van der Waals surface area contributed by atoms with Gasteiger partial charge in [0, 0.05) is 18.0 Å². The maximum absolute atomic E-state index is 12.9. The number of halogens is 1. The van der Waals surface area contributed by atoms with Crippen molar-refractivity contribution in [2.45, 2.75) is 45.4 Å². The average molecular weight is 371 g/mol. The monoisotopic (exact) mass is 371 g/mol. The zero-order chi connectivity index (χ0) is 19.6. The highest BCUT2D eigenvalue weighted by Gasteiger charge is 2.32. The highest BCUT2D eigenvalue weighted by Crippen LogP contribution is 2.40. The Bertz CT molecular complexity index is 850. The summed E-state index contributed by atoms with van der Waals surface area (Å²) in [6.45, 7) is 5.72. The van der Waals surface area contributed by atoms with Crippen LogP contribution >= 0.6 is 0 Å². The molecule has 5 nitrogen and oxygen atoms in total. The SMILES string of the molecule is C[C@H](OC(=O)c1cccc2c1O[C@H](C)[C@@H]2C)C(=O)NCc1ccc(F)cc1. The molecule has 0 spiro atoms. The Kier molecular flexibility index (Phi) is 5.44. The normalized spacial score (nSPS) is 19.0. The van der Waals surface area contributed by atoms with Crippen molar-refractivity contribution in [3.05, 3.63) is 65.0 Å². The maximum Gasteiger partial charge on any atom is 0.342 e. The first-order chi connectivity index (χ1) is 12.9. The molecule has 27 heavy (non-hydrogen) atoms. The zero-order valence-electron chi connectivity index (χ0n) is 15.5. The predicted octanol–water partition coefficient (Wildman–Crippen LogP) is 3.57. The number of esters is 1. The number of benzene rings is 2. The van der Waals surface area contributed by atoms with Crippen LogP contribution in [0, 0.1) is 5.82 Å². The second-order valence-corrected chi connectivity index (χ2v) is 6.73. The number of amides is 1. The summed E-state index contributed by atoms with van der Waals surface area (Å²) in [6.07, 6.45) is -0.990. The standard InChI is InChI=1S/C21H22FNO4/c1-12-13(2)26-19-17(12)5-4-6-18(19)21(25)27-14(3)20(24)23-11-15-7-9-16(22)10-8-15/h4-10,12-14H,11H2,1-3H3,(H,23,24)/t12-,13+,14-/m0/s1. The van der Waals surface area contributed by atoms with Gasteiger partial charge in [0.1, 0.15) is 23.2 Å². The molecule has 0 radical (unpaired) electrons. The fourth-order valence-electron chi connectivity index (χ4n) is 2.96. The van der Waals surface area contributed by atoms with Gasteiger partial charge < -0.3 is 14.8 Å². The Morgan fingerprint density at radius 3 is 2.59 bits per heavy atom. The van der Waals surface area contributed by atoms with Gasteiger partial charge in [-0.1, -0.05) is 31.2 Å². The summed E-state index contributed by atoms with van der Waals surface area (Å²) in [5, 5.41) is 2.67. The van der Waals surface area contributed by atoms with Gasteiger partial charge in [0.05, 0.1) is 0 Å². The van der Waals surface area contributed by atoms with E-state index < -0.39 is 18.0 Å². The Hall–Kier alpha value is -2.89. The lowest BCUT2D eigenvalue weighted by Crippen LogP contribution is -2.35. The molecule has 0 aliphatic carbocycles. The van der Waals surface area contributed by atoms with E-state index in [4.69, 9.17) is 9.47 Å². The van der Waals surface area contributed by atoms with Crippen molar-refractivity contribution in [2.75, 3.05) is 0 Å². The fraction of sp³-hybridized carbons (Fsp3) is 0.333. The van der Waals surface area contributed by atoms with E-state index in [1.54, 1.807) is 24.3 Å². The third kappa shape index (κ3) is 4.10. The lowest BCUT2D eigenvalue weighted by molar-refractivity contribution is -0.129. The summed E-state index contributed by atoms with van der Waals surface area (Å²) < 4.78 is 24.0. The molecule has 0 fully saturated rings. The molecule has 1 heterocycles. The number of carbonyl (C=O) groups is 2. The van der Waals surface area contributed by atoms with E-state index in [1.807, 2.05) is 19.9 Å². The van der Waals surface area contributed by atoms with E-state index >= 15 is 0 Å². The number of para-hydroxylation sites is 1. The van der Waals surface area contributed by atoms with Crippen molar-refractivity contribution in [2.24, 2.45) is 0 Å². The van der Waals surface area contributed by atoms with Crippen molar-refractivity contribution in [1.82, 2.24) is 5.32 Å². The summed E-state index contributed by atoms with van der Waals surface area (Å²) in [4.78, 5) is 24.7. The van der Waals surface area contributed by atoms with Crippen LogP contribution in [0.4, 0.5) is 4.39 Å². The highest BCUT2D eigenvalue weighted by molar-refractivity contribution is 5.95. The van der Waals surface area contributed by atoms with Crippen LogP contribution in [-0.2, 0) is 16.1 Å². The van der Waals surface area contributed by atoms with Crippen LogP contribution in [0.3, 0.4) is 0 Å². The molecule has 142 valence electrons. The van der Waals surface area contributed by atoms with E-state index in [0.717, 1.165) is 11.1 Å². The molecule has 0 saturated heterocycles. The molecule has 1 N–H and O–H groups in total. The van der Waals surface area contributed by atoms with Crippen LogP contribution in [0.5, 0.6) is 5.75 Å². The van der Waals surface area contributed by atoms with E-state index in [-0.39, 0.29) is 24.4 Å². The lowest BCUT2D eigenvalue weighted by atomic mass is 9.97. The summed E-state index contributed by atoms with van der Waals surface area (Å²) >= 11 is 0. The largest absolute Gasteiger partial charge is 0.489 e. The molecule has 6 heteroatoms. The minimum Gasteiger partial charge on any atom is -0.489 e. The Morgan fingerprint density at radius 1 is 1.19 bits per heavy atom. The number of nitrogens with one attached hydrogen (secondary N) is 1. The highest BCUT2D eigenvalue weighted by atomic mass is 19.1. The molecule has 1 aliphatic rings. The van der Waals surface area contributed by atoms with Crippen LogP contribution in [0.15, 0.2) is 42.5 Å². The number of ether oxygens (including phenoxy) is 2. The van der Waals surface area contributed by atoms with E-state index in [9.17, 15) is 14.0 Å². The number of rotatable bonds is 5. The van der Waals surface area contributed by atoms with Crippen LogP contribution in [0.25, 0.3) is 0 Å². The van der Waals surface area contributed by atoms with Crippen molar-refractivity contribution >= 4 is 11.9 Å². The van der Waals surface area contributed by atoms with Crippen molar-refractivity contribution in [3.63, 3.8) is 0 Å². The number of carbonyl (C=O) groups excluding carboxylic acids is 2. The molecular formula is C21H22FNO4. The first-order valence-corrected chi connectivity index (χ1v) is 8.89. The molecule has 0 unspecified atom stereocenters.